The van der Waals surface area contributed by atoms with Gasteiger partial charge in [0.05, 0.1) is 78.1 Å². The minimum atomic E-state index is -1.55. The van der Waals surface area contributed by atoms with E-state index in [1.807, 2.05) is 6.07 Å². The van der Waals surface area contributed by atoms with Crippen LogP contribution in [0.2, 0.25) is 0 Å². The molecular formula is C51H54O18P4. The predicted octanol–water partition coefficient (Wildman–Crippen LogP) is 8.82. The molecule has 0 saturated carbocycles. The zero-order chi connectivity index (χ0) is 52.0. The zero-order valence-electron chi connectivity index (χ0n) is 40.2. The van der Waals surface area contributed by atoms with Gasteiger partial charge in [0, 0.05) is 72.7 Å². The molecule has 0 spiro atoms. The smallest absolute Gasteiger partial charge is 0.165 e. The molecule has 12 unspecified atom stereocenters. The van der Waals surface area contributed by atoms with Crippen molar-refractivity contribution >= 4 is 37.9 Å². The summed E-state index contributed by atoms with van der Waals surface area (Å²) >= 11 is 0. The molecule has 0 aromatic heterocycles. The van der Waals surface area contributed by atoms with Crippen LogP contribution in [0.25, 0.3) is 0 Å². The lowest BCUT2D eigenvalue weighted by Gasteiger charge is -2.44. The van der Waals surface area contributed by atoms with Crippen LogP contribution < -0.4 is 51.3 Å². The van der Waals surface area contributed by atoms with E-state index < -0.39 is 71.5 Å². The summed E-state index contributed by atoms with van der Waals surface area (Å²) in [6.07, 6.45) is -6.11. The number of phenolic OH excluding ortho intramolecular Hbond substituents is 4. The molecule has 0 radical (unpaired) electrons. The Bertz CT molecular complexity index is 3050. The Hall–Kier alpha value is -6.08. The van der Waals surface area contributed by atoms with Crippen LogP contribution in [0.15, 0.2) is 78.9 Å². The van der Waals surface area contributed by atoms with Gasteiger partial charge in [-0.05, 0) is 53.1 Å². The summed E-state index contributed by atoms with van der Waals surface area (Å²) in [6.45, 7) is 0. The molecule has 6 aromatic carbocycles. The van der Waals surface area contributed by atoms with E-state index in [0.29, 0.717) is 68.1 Å². The number of aliphatic hydroxyl groups is 1. The average Bonchev–Trinajstić information content (AvgIpc) is 3.41. The van der Waals surface area contributed by atoms with E-state index in [-0.39, 0.29) is 46.1 Å². The van der Waals surface area contributed by atoms with Crippen molar-refractivity contribution < 1.29 is 86.3 Å². The van der Waals surface area contributed by atoms with Crippen molar-refractivity contribution in [2.24, 2.45) is 0 Å². The molecule has 9 rings (SSSR count). The van der Waals surface area contributed by atoms with Crippen molar-refractivity contribution in [3.63, 3.8) is 0 Å². The highest BCUT2D eigenvalue weighted by molar-refractivity contribution is 7.11. The van der Waals surface area contributed by atoms with Gasteiger partial charge in [0.15, 0.2) is 52.8 Å². The zero-order valence-corrected chi connectivity index (χ0v) is 44.8. The van der Waals surface area contributed by atoms with Gasteiger partial charge in [-0.3, -0.25) is 0 Å². The first kappa shape index (κ1) is 51.8. The predicted molar refractivity (Wildman–Crippen MR) is 278 cm³/mol. The summed E-state index contributed by atoms with van der Waals surface area (Å²) in [5.41, 5.74) is 2.80. The van der Waals surface area contributed by atoms with E-state index in [1.165, 1.54) is 46.6 Å². The van der Waals surface area contributed by atoms with Gasteiger partial charge in [-0.15, -0.1) is 0 Å². The van der Waals surface area contributed by atoms with Crippen LogP contribution >= 0.6 is 37.9 Å². The molecule has 18 nitrogen and oxygen atoms in total. The summed E-state index contributed by atoms with van der Waals surface area (Å²) in [4.78, 5) is 0. The molecular weight excluding hydrogens is 1020 g/mol. The number of benzene rings is 6. The van der Waals surface area contributed by atoms with Gasteiger partial charge in [0.25, 0.3) is 0 Å². The molecule has 0 amide bonds. The Balaban J connectivity index is 1.35. The van der Waals surface area contributed by atoms with Crippen LogP contribution in [0.4, 0.5) is 0 Å². The maximum absolute atomic E-state index is 13.0. The van der Waals surface area contributed by atoms with E-state index in [9.17, 15) is 25.5 Å². The fraction of sp³-hybridized carbons (Fsp3) is 0.294. The summed E-state index contributed by atoms with van der Waals surface area (Å²) in [7, 11) is 17.9. The van der Waals surface area contributed by atoms with Gasteiger partial charge in [0.1, 0.15) is 70.1 Å². The van der Waals surface area contributed by atoms with Crippen molar-refractivity contribution in [3.8, 4) is 86.2 Å². The Morgan fingerprint density at radius 3 is 1.67 bits per heavy atom. The summed E-state index contributed by atoms with van der Waals surface area (Å²) in [5.74, 6) is -0.935. The SMILES string of the molecule is COc1ccc(C2Oc3c(c(OC)cc(OC)c3C3c4c(O)cc(O)c(C5c6c(OP)cc(OP)cc6OC(c6ccc(OP)c(OP)c6)C5O)c4OC(c4ccc(O)c(O)c4)C3OC)CC2OC)cc1OC. The van der Waals surface area contributed by atoms with Gasteiger partial charge < -0.3 is 86.3 Å². The van der Waals surface area contributed by atoms with Crippen molar-refractivity contribution in [2.45, 2.75) is 54.9 Å². The first-order chi connectivity index (χ1) is 35.3. The second-order valence-corrected chi connectivity index (χ2v) is 18.1. The van der Waals surface area contributed by atoms with Crippen LogP contribution in [0, 0.1) is 0 Å². The molecule has 386 valence electrons. The van der Waals surface area contributed by atoms with Crippen molar-refractivity contribution in [1.82, 2.24) is 0 Å². The Morgan fingerprint density at radius 2 is 1.05 bits per heavy atom. The lowest BCUT2D eigenvalue weighted by Crippen LogP contribution is -2.40. The van der Waals surface area contributed by atoms with Crippen LogP contribution in [0.1, 0.15) is 74.7 Å². The molecule has 0 aliphatic carbocycles. The fourth-order valence-corrected chi connectivity index (χ4v) is 11.0. The Labute approximate surface area is 429 Å². The molecule has 3 aliphatic heterocycles. The van der Waals surface area contributed by atoms with E-state index >= 15 is 0 Å². The summed E-state index contributed by atoms with van der Waals surface area (Å²) in [6, 6.07) is 20.7. The molecule has 73 heavy (non-hydrogen) atoms. The number of ether oxygens (including phenoxy) is 9. The van der Waals surface area contributed by atoms with Crippen molar-refractivity contribution in [2.75, 3.05) is 42.7 Å². The van der Waals surface area contributed by atoms with Crippen LogP contribution in [-0.4, -0.2) is 86.5 Å². The first-order valence-electron chi connectivity index (χ1n) is 22.4. The number of fused-ring (bicyclic) bond motifs is 3. The minimum absolute atomic E-state index is 0.00240. The van der Waals surface area contributed by atoms with Gasteiger partial charge in [-0.25, -0.2) is 0 Å². The second kappa shape index (κ2) is 21.4. The molecule has 3 aliphatic rings. The van der Waals surface area contributed by atoms with Gasteiger partial charge in [0.2, 0.25) is 0 Å². The summed E-state index contributed by atoms with van der Waals surface area (Å²) in [5, 5.41) is 59.6. The number of hydrogen-bond acceptors (Lipinski definition) is 18. The largest absolute Gasteiger partial charge is 0.507 e. The molecule has 0 fully saturated rings. The maximum atomic E-state index is 13.0. The van der Waals surface area contributed by atoms with Gasteiger partial charge in [-0.1, -0.05) is 18.2 Å². The third-order valence-corrected chi connectivity index (χ3v) is 14.7. The lowest BCUT2D eigenvalue weighted by molar-refractivity contribution is -0.0304. The quantitative estimate of drug-likeness (QED) is 0.0479. The van der Waals surface area contributed by atoms with Crippen LogP contribution in [-0.2, 0) is 15.9 Å². The topological polar surface area (TPSA) is 221 Å². The highest BCUT2D eigenvalue weighted by Gasteiger charge is 2.52. The number of aromatic hydroxyl groups is 4. The van der Waals surface area contributed by atoms with Crippen molar-refractivity contribution in [1.29, 1.82) is 0 Å². The third-order valence-electron chi connectivity index (χ3n) is 13.6. The normalized spacial score (nSPS) is 21.7. The number of phenols is 4. The van der Waals surface area contributed by atoms with Gasteiger partial charge >= 0.3 is 0 Å². The number of methoxy groups -OCH3 is 6. The number of aliphatic hydroxyl groups excluding tert-OH is 1. The highest BCUT2D eigenvalue weighted by Crippen LogP contribution is 2.63. The van der Waals surface area contributed by atoms with E-state index in [1.54, 1.807) is 68.8 Å². The monoisotopic (exact) mass is 1080 g/mol. The van der Waals surface area contributed by atoms with Crippen LogP contribution in [0.3, 0.4) is 0 Å². The standard InChI is InChI=1S/C51H54O18P4/c1-57-30-11-8-22(14-33(30)59-3)46-38(61-5)18-25-32(58-2)20-35(60-4)42(49(25)64-46)44-40-29(55)19-28(54)39(50(40)65-48(51(44)62-6)21-7-10-26(52)27(53)13-21)43-41-36(16-24(66-70)17-37(41)69-73)63-47(45(43)56)23-9-12-31(67-71)34(15-23)68-72/h7-17,19-20,38,43-48,51-56H,18,70-73H2,1-6H3. The second-order valence-electron chi connectivity index (χ2n) is 17.2. The lowest BCUT2D eigenvalue weighted by atomic mass is 9.73. The first-order valence-corrected chi connectivity index (χ1v) is 24.3. The van der Waals surface area contributed by atoms with E-state index in [0.717, 1.165) is 0 Å². The van der Waals surface area contributed by atoms with E-state index in [2.05, 4.69) is 37.9 Å². The molecule has 22 heteroatoms. The third kappa shape index (κ3) is 9.01. The average molecular weight is 1080 g/mol. The molecule has 0 bridgehead atoms. The molecule has 6 aromatic rings. The molecule has 12 atom stereocenters. The molecule has 5 N–H and O–H groups in total. The fourth-order valence-electron chi connectivity index (χ4n) is 10.3. The maximum Gasteiger partial charge on any atom is 0.165 e. The Kier molecular flexibility index (Phi) is 15.2. The molecule has 3 heterocycles. The van der Waals surface area contributed by atoms with Crippen LogP contribution in [0.5, 0.6) is 86.2 Å². The number of rotatable bonds is 15. The number of hydrogen-bond donors (Lipinski definition) is 5. The van der Waals surface area contributed by atoms with E-state index in [4.69, 9.17) is 60.7 Å². The minimum Gasteiger partial charge on any atom is -0.507 e. The highest BCUT2D eigenvalue weighted by atomic mass is 31.0. The summed E-state index contributed by atoms with van der Waals surface area (Å²) < 4.78 is 79.5. The van der Waals surface area contributed by atoms with Gasteiger partial charge in [-0.2, -0.15) is 0 Å². The van der Waals surface area contributed by atoms with Crippen molar-refractivity contribution in [3.05, 3.63) is 123 Å². The molecule has 0 saturated heterocycles. The Morgan fingerprint density at radius 1 is 0.452 bits per heavy atom.